The topological polar surface area (TPSA) is 79.4 Å². The number of hydrazone groups is 1. The summed E-state index contributed by atoms with van der Waals surface area (Å²) in [5.74, 6) is 1.10. The van der Waals surface area contributed by atoms with Crippen LogP contribution in [0.4, 0.5) is 0 Å². The fourth-order valence-electron chi connectivity index (χ4n) is 2.88. The summed E-state index contributed by atoms with van der Waals surface area (Å²) in [6.45, 7) is 0. The third-order valence-corrected chi connectivity index (χ3v) is 4.31. The summed E-state index contributed by atoms with van der Waals surface area (Å²) in [5.41, 5.74) is 6.42. The first-order valence-corrected chi connectivity index (χ1v) is 8.76. The molecule has 138 valence electrons. The number of amides is 1. The maximum absolute atomic E-state index is 12.7. The quantitative estimate of drug-likeness (QED) is 0.412. The van der Waals surface area contributed by atoms with Gasteiger partial charge in [0.15, 0.2) is 0 Å². The number of hydrogen-bond donors (Lipinski definition) is 2. The van der Waals surface area contributed by atoms with Crippen LogP contribution in [0.3, 0.4) is 0 Å². The van der Waals surface area contributed by atoms with E-state index >= 15 is 0 Å². The normalized spacial score (nSPS) is 11.0. The summed E-state index contributed by atoms with van der Waals surface area (Å²) >= 11 is 0. The van der Waals surface area contributed by atoms with E-state index in [9.17, 15) is 4.79 Å². The molecule has 4 rings (SSSR count). The molecule has 28 heavy (non-hydrogen) atoms. The number of carbonyl (C=O) groups is 1. The molecule has 3 aromatic carbocycles. The van der Waals surface area contributed by atoms with E-state index in [4.69, 9.17) is 4.74 Å². The SMILES string of the molecule is COc1ccc(/C=N/NC(=O)c2ccccc2-c2nc3ccccc3[nH]2)cc1. The molecule has 1 amide bonds. The number of aromatic nitrogens is 2. The van der Waals surface area contributed by atoms with E-state index in [1.54, 1.807) is 19.4 Å². The average molecular weight is 370 g/mol. The molecule has 0 atom stereocenters. The van der Waals surface area contributed by atoms with E-state index in [-0.39, 0.29) is 5.91 Å². The lowest BCUT2D eigenvalue weighted by atomic mass is 10.1. The van der Waals surface area contributed by atoms with Crippen LogP contribution in [0.1, 0.15) is 15.9 Å². The second-order valence-corrected chi connectivity index (χ2v) is 6.12. The highest BCUT2D eigenvalue weighted by Crippen LogP contribution is 2.23. The number of methoxy groups -OCH3 is 1. The highest BCUT2D eigenvalue weighted by molar-refractivity contribution is 6.01. The first kappa shape index (κ1) is 17.5. The zero-order chi connectivity index (χ0) is 19.3. The summed E-state index contributed by atoms with van der Waals surface area (Å²) in [6, 6.07) is 22.4. The van der Waals surface area contributed by atoms with Crippen LogP contribution in [0.25, 0.3) is 22.4 Å². The van der Waals surface area contributed by atoms with Gasteiger partial charge in [0, 0.05) is 5.56 Å². The number of rotatable bonds is 5. The lowest BCUT2D eigenvalue weighted by Crippen LogP contribution is -2.18. The zero-order valence-electron chi connectivity index (χ0n) is 15.2. The van der Waals surface area contributed by atoms with Crippen LogP contribution in [0.5, 0.6) is 5.75 Å². The zero-order valence-corrected chi connectivity index (χ0v) is 15.2. The average Bonchev–Trinajstić information content (AvgIpc) is 3.18. The van der Waals surface area contributed by atoms with Crippen LogP contribution >= 0.6 is 0 Å². The van der Waals surface area contributed by atoms with Crippen molar-refractivity contribution in [3.05, 3.63) is 83.9 Å². The van der Waals surface area contributed by atoms with E-state index < -0.39 is 0 Å². The van der Waals surface area contributed by atoms with Crippen LogP contribution in [0.15, 0.2) is 77.9 Å². The van der Waals surface area contributed by atoms with Crippen LogP contribution in [0, 0.1) is 0 Å². The minimum absolute atomic E-state index is 0.305. The summed E-state index contributed by atoms with van der Waals surface area (Å²) in [7, 11) is 1.61. The van der Waals surface area contributed by atoms with Crippen molar-refractivity contribution < 1.29 is 9.53 Å². The summed E-state index contributed by atoms with van der Waals surface area (Å²) in [5, 5.41) is 4.05. The maximum atomic E-state index is 12.7. The summed E-state index contributed by atoms with van der Waals surface area (Å²) < 4.78 is 5.12. The van der Waals surface area contributed by atoms with Gasteiger partial charge in [-0.15, -0.1) is 0 Å². The molecule has 0 bridgehead atoms. The van der Waals surface area contributed by atoms with Gasteiger partial charge < -0.3 is 9.72 Å². The van der Waals surface area contributed by atoms with Gasteiger partial charge >= 0.3 is 0 Å². The molecule has 6 nitrogen and oxygen atoms in total. The third-order valence-electron chi connectivity index (χ3n) is 4.31. The Hall–Kier alpha value is -3.93. The molecule has 1 aromatic heterocycles. The van der Waals surface area contributed by atoms with Crippen LogP contribution in [-0.2, 0) is 0 Å². The Balaban J connectivity index is 1.55. The Labute approximate surface area is 161 Å². The molecule has 2 N–H and O–H groups in total. The van der Waals surface area contributed by atoms with Crippen molar-refractivity contribution in [2.24, 2.45) is 5.10 Å². The second-order valence-electron chi connectivity index (χ2n) is 6.12. The lowest BCUT2D eigenvalue weighted by Gasteiger charge is -2.05. The first-order chi connectivity index (χ1) is 13.7. The van der Waals surface area contributed by atoms with Gasteiger partial charge in [0.25, 0.3) is 5.91 Å². The van der Waals surface area contributed by atoms with Crippen LogP contribution in [-0.4, -0.2) is 29.2 Å². The minimum atomic E-state index is -0.305. The van der Waals surface area contributed by atoms with Crippen molar-refractivity contribution >= 4 is 23.2 Å². The van der Waals surface area contributed by atoms with Gasteiger partial charge in [-0.25, -0.2) is 10.4 Å². The molecule has 0 aliphatic carbocycles. The predicted octanol–water partition coefficient (Wildman–Crippen LogP) is 4.00. The summed E-state index contributed by atoms with van der Waals surface area (Å²) in [6.07, 6.45) is 1.58. The number of nitrogens with one attached hydrogen (secondary N) is 2. The fraction of sp³-hybridized carbons (Fsp3) is 0.0455. The standard InChI is InChI=1S/C22H18N4O2/c1-28-16-12-10-15(11-13-16)14-23-26-22(27)18-7-3-2-6-17(18)21-24-19-8-4-5-9-20(19)25-21/h2-14H,1H3,(H,24,25)(H,26,27)/b23-14+. The van der Waals surface area contributed by atoms with Crippen molar-refractivity contribution in [2.75, 3.05) is 7.11 Å². The van der Waals surface area contributed by atoms with Gasteiger partial charge in [-0.2, -0.15) is 5.10 Å². The van der Waals surface area contributed by atoms with Crippen molar-refractivity contribution in [1.29, 1.82) is 0 Å². The molecule has 0 spiro atoms. The molecule has 0 unspecified atom stereocenters. The van der Waals surface area contributed by atoms with E-state index in [1.807, 2.05) is 66.7 Å². The predicted molar refractivity (Wildman–Crippen MR) is 110 cm³/mol. The monoisotopic (exact) mass is 370 g/mol. The molecule has 0 aliphatic rings. The van der Waals surface area contributed by atoms with E-state index in [0.29, 0.717) is 11.4 Å². The number of fused-ring (bicyclic) bond motifs is 1. The number of H-pyrrole nitrogens is 1. The van der Waals surface area contributed by atoms with Gasteiger partial charge in [-0.3, -0.25) is 4.79 Å². The molecule has 0 aliphatic heterocycles. The number of hydrogen-bond acceptors (Lipinski definition) is 4. The second kappa shape index (κ2) is 7.75. The van der Waals surface area contributed by atoms with Crippen LogP contribution < -0.4 is 10.2 Å². The smallest absolute Gasteiger partial charge is 0.272 e. The van der Waals surface area contributed by atoms with E-state index in [1.165, 1.54) is 0 Å². The minimum Gasteiger partial charge on any atom is -0.497 e. The Morgan fingerprint density at radius 1 is 1.04 bits per heavy atom. The number of imidazole rings is 1. The van der Waals surface area contributed by atoms with Gasteiger partial charge in [0.05, 0.1) is 29.9 Å². The summed E-state index contributed by atoms with van der Waals surface area (Å²) in [4.78, 5) is 20.5. The third kappa shape index (κ3) is 3.61. The largest absolute Gasteiger partial charge is 0.497 e. The van der Waals surface area contributed by atoms with Crippen molar-refractivity contribution in [3.63, 3.8) is 0 Å². The van der Waals surface area contributed by atoms with Crippen molar-refractivity contribution in [1.82, 2.24) is 15.4 Å². The van der Waals surface area contributed by atoms with E-state index in [2.05, 4.69) is 20.5 Å². The molecule has 0 fully saturated rings. The number of nitrogens with zero attached hydrogens (tertiary/aromatic N) is 2. The maximum Gasteiger partial charge on any atom is 0.272 e. The molecule has 0 radical (unpaired) electrons. The Bertz CT molecular complexity index is 1110. The lowest BCUT2D eigenvalue weighted by molar-refractivity contribution is 0.0955. The number of carbonyl (C=O) groups excluding carboxylic acids is 1. The highest BCUT2D eigenvalue weighted by Gasteiger charge is 2.14. The van der Waals surface area contributed by atoms with Crippen molar-refractivity contribution in [3.8, 4) is 17.1 Å². The Morgan fingerprint density at radius 3 is 2.57 bits per heavy atom. The Kier molecular flexibility index (Phi) is 4.84. The fourth-order valence-corrected chi connectivity index (χ4v) is 2.88. The van der Waals surface area contributed by atoms with Gasteiger partial charge in [-0.1, -0.05) is 30.3 Å². The molecule has 6 heteroatoms. The molecule has 1 heterocycles. The molecular formula is C22H18N4O2. The first-order valence-electron chi connectivity index (χ1n) is 8.76. The van der Waals surface area contributed by atoms with Crippen LogP contribution in [0.2, 0.25) is 0 Å². The number of para-hydroxylation sites is 2. The number of aromatic amines is 1. The molecule has 0 saturated carbocycles. The molecule has 4 aromatic rings. The van der Waals surface area contributed by atoms with Gasteiger partial charge in [0.1, 0.15) is 11.6 Å². The molecular weight excluding hydrogens is 352 g/mol. The number of benzene rings is 3. The number of ether oxygens (including phenoxy) is 1. The van der Waals surface area contributed by atoms with Crippen molar-refractivity contribution in [2.45, 2.75) is 0 Å². The van der Waals surface area contributed by atoms with Gasteiger partial charge in [0.2, 0.25) is 0 Å². The van der Waals surface area contributed by atoms with Gasteiger partial charge in [-0.05, 0) is 48.0 Å². The van der Waals surface area contributed by atoms with E-state index in [0.717, 1.165) is 27.9 Å². The highest BCUT2D eigenvalue weighted by atomic mass is 16.5. The molecule has 0 saturated heterocycles. The Morgan fingerprint density at radius 2 is 1.79 bits per heavy atom.